The lowest BCUT2D eigenvalue weighted by molar-refractivity contribution is -0.114. The van der Waals surface area contributed by atoms with Crippen molar-refractivity contribution >= 4 is 44.6 Å². The van der Waals surface area contributed by atoms with Crippen LogP contribution in [-0.4, -0.2) is 13.0 Å². The average Bonchev–Trinajstić information content (AvgIpc) is 2.63. The lowest BCUT2D eigenvalue weighted by atomic mass is 10.0. The van der Waals surface area contributed by atoms with Gasteiger partial charge < -0.3 is 21.1 Å². The molecule has 0 radical (unpaired) electrons. The molecule has 0 saturated heterocycles. The highest BCUT2D eigenvalue weighted by Crippen LogP contribution is 2.33. The van der Waals surface area contributed by atoms with Crippen molar-refractivity contribution in [3.05, 3.63) is 64.9 Å². The molecule has 0 aromatic heterocycles. The lowest BCUT2D eigenvalue weighted by Crippen LogP contribution is -2.06. The van der Waals surface area contributed by atoms with Gasteiger partial charge in [0.2, 0.25) is 5.91 Å². The standard InChI is InChI=1S/C21H19BrFN3O2/c1-12(27)25-15-7-13(18-5-4-17(28-2)11-19(18)23)8-16(10-15)26-21-6-3-14(22)9-20(21)24/h3-11,26H,24H2,1-2H3,(H,25,27). The van der Waals surface area contributed by atoms with Gasteiger partial charge in [0, 0.05) is 34.4 Å². The molecule has 28 heavy (non-hydrogen) atoms. The molecule has 3 aromatic rings. The van der Waals surface area contributed by atoms with Crippen molar-refractivity contribution in [1.29, 1.82) is 0 Å². The molecule has 0 fully saturated rings. The maximum Gasteiger partial charge on any atom is 0.221 e. The first kappa shape index (κ1) is 19.7. The maximum atomic E-state index is 14.6. The van der Waals surface area contributed by atoms with Gasteiger partial charge >= 0.3 is 0 Å². The number of anilines is 4. The van der Waals surface area contributed by atoms with Gasteiger partial charge in [0.05, 0.1) is 18.5 Å². The first-order valence-corrected chi connectivity index (χ1v) is 9.23. The van der Waals surface area contributed by atoms with E-state index in [4.69, 9.17) is 10.5 Å². The summed E-state index contributed by atoms with van der Waals surface area (Å²) >= 11 is 3.38. The SMILES string of the molecule is COc1ccc(-c2cc(NC(C)=O)cc(Nc3ccc(Br)cc3N)c2)c(F)c1. The summed E-state index contributed by atoms with van der Waals surface area (Å²) in [6.07, 6.45) is 0. The van der Waals surface area contributed by atoms with Crippen LogP contribution in [0.4, 0.5) is 27.1 Å². The van der Waals surface area contributed by atoms with Crippen LogP contribution in [-0.2, 0) is 4.79 Å². The number of hydrogen-bond donors (Lipinski definition) is 3. The van der Waals surface area contributed by atoms with E-state index in [1.54, 1.807) is 36.4 Å². The fourth-order valence-electron chi connectivity index (χ4n) is 2.79. The minimum atomic E-state index is -0.423. The van der Waals surface area contributed by atoms with Crippen LogP contribution >= 0.6 is 15.9 Å². The van der Waals surface area contributed by atoms with E-state index < -0.39 is 5.82 Å². The molecule has 0 unspecified atom stereocenters. The van der Waals surface area contributed by atoms with Gasteiger partial charge in [0.1, 0.15) is 11.6 Å². The van der Waals surface area contributed by atoms with Gasteiger partial charge in [-0.2, -0.15) is 0 Å². The quantitative estimate of drug-likeness (QED) is 0.451. The molecule has 0 aliphatic rings. The molecule has 4 N–H and O–H groups in total. The Hall–Kier alpha value is -3.06. The summed E-state index contributed by atoms with van der Waals surface area (Å²) in [6.45, 7) is 1.42. The van der Waals surface area contributed by atoms with Gasteiger partial charge in [-0.25, -0.2) is 4.39 Å². The Morgan fingerprint density at radius 3 is 2.46 bits per heavy atom. The van der Waals surface area contributed by atoms with E-state index in [1.807, 2.05) is 12.1 Å². The van der Waals surface area contributed by atoms with Crippen LogP contribution in [0.2, 0.25) is 0 Å². The second-order valence-electron chi connectivity index (χ2n) is 6.18. The Kier molecular flexibility index (Phi) is 5.84. The molecule has 7 heteroatoms. The third-order valence-corrected chi connectivity index (χ3v) is 4.53. The highest BCUT2D eigenvalue weighted by atomic mass is 79.9. The topological polar surface area (TPSA) is 76.4 Å². The molecule has 3 aromatic carbocycles. The van der Waals surface area contributed by atoms with Crippen molar-refractivity contribution in [3.63, 3.8) is 0 Å². The summed E-state index contributed by atoms with van der Waals surface area (Å²) in [5, 5.41) is 5.96. The molecule has 5 nitrogen and oxygen atoms in total. The van der Waals surface area contributed by atoms with Crippen molar-refractivity contribution in [2.75, 3.05) is 23.5 Å². The summed E-state index contributed by atoms with van der Waals surface area (Å²) in [4.78, 5) is 11.5. The average molecular weight is 444 g/mol. The van der Waals surface area contributed by atoms with Crippen LogP contribution in [0.25, 0.3) is 11.1 Å². The highest BCUT2D eigenvalue weighted by Gasteiger charge is 2.11. The summed E-state index contributed by atoms with van der Waals surface area (Å²) < 4.78 is 20.5. The molecule has 0 spiro atoms. The van der Waals surface area contributed by atoms with E-state index in [-0.39, 0.29) is 5.91 Å². The molecular weight excluding hydrogens is 425 g/mol. The Bertz CT molecular complexity index is 1040. The number of ether oxygens (including phenoxy) is 1. The normalized spacial score (nSPS) is 10.4. The van der Waals surface area contributed by atoms with Gasteiger partial charge in [-0.15, -0.1) is 0 Å². The number of amides is 1. The molecular formula is C21H19BrFN3O2. The van der Waals surface area contributed by atoms with Crippen molar-refractivity contribution in [3.8, 4) is 16.9 Å². The third kappa shape index (κ3) is 4.61. The fraction of sp³-hybridized carbons (Fsp3) is 0.0952. The van der Waals surface area contributed by atoms with Gasteiger partial charge in [0.25, 0.3) is 0 Å². The molecule has 144 valence electrons. The molecule has 0 saturated carbocycles. The number of nitrogens with one attached hydrogen (secondary N) is 2. The number of carbonyl (C=O) groups excluding carboxylic acids is 1. The van der Waals surface area contributed by atoms with Crippen LogP contribution in [0.5, 0.6) is 5.75 Å². The van der Waals surface area contributed by atoms with Crippen LogP contribution in [0.3, 0.4) is 0 Å². The molecule has 1 amide bonds. The first-order chi connectivity index (χ1) is 13.4. The lowest BCUT2D eigenvalue weighted by Gasteiger charge is -2.14. The van der Waals surface area contributed by atoms with E-state index in [1.165, 1.54) is 20.1 Å². The summed E-state index contributed by atoms with van der Waals surface area (Å²) in [5.41, 5.74) is 9.50. The highest BCUT2D eigenvalue weighted by molar-refractivity contribution is 9.10. The van der Waals surface area contributed by atoms with Crippen molar-refractivity contribution in [1.82, 2.24) is 0 Å². The van der Waals surface area contributed by atoms with Gasteiger partial charge in [-0.05, 0) is 54.1 Å². The number of hydrogen-bond acceptors (Lipinski definition) is 4. The predicted molar refractivity (Wildman–Crippen MR) is 115 cm³/mol. The third-order valence-electron chi connectivity index (χ3n) is 4.03. The number of carbonyl (C=O) groups is 1. The monoisotopic (exact) mass is 443 g/mol. The first-order valence-electron chi connectivity index (χ1n) is 8.44. The summed E-state index contributed by atoms with van der Waals surface area (Å²) in [7, 11) is 1.48. The van der Waals surface area contributed by atoms with Crippen LogP contribution in [0.15, 0.2) is 59.1 Å². The zero-order valence-electron chi connectivity index (χ0n) is 15.3. The van der Waals surface area contributed by atoms with Crippen LogP contribution < -0.4 is 21.1 Å². The molecule has 0 heterocycles. The molecule has 0 atom stereocenters. The van der Waals surface area contributed by atoms with E-state index in [9.17, 15) is 9.18 Å². The fourth-order valence-corrected chi connectivity index (χ4v) is 3.17. The van der Waals surface area contributed by atoms with Crippen molar-refractivity contribution < 1.29 is 13.9 Å². The smallest absolute Gasteiger partial charge is 0.221 e. The minimum absolute atomic E-state index is 0.221. The van der Waals surface area contributed by atoms with Gasteiger partial charge in [-0.3, -0.25) is 4.79 Å². The number of benzene rings is 3. The zero-order valence-corrected chi connectivity index (χ0v) is 16.9. The Labute approximate surface area is 170 Å². The Balaban J connectivity index is 2.05. The zero-order chi connectivity index (χ0) is 20.3. The maximum absolute atomic E-state index is 14.6. The van der Waals surface area contributed by atoms with Crippen LogP contribution in [0, 0.1) is 5.82 Å². The van der Waals surface area contributed by atoms with Gasteiger partial charge in [0.15, 0.2) is 0 Å². The summed E-state index contributed by atoms with van der Waals surface area (Å²) in [5.74, 6) is -0.213. The predicted octanol–water partition coefficient (Wildman–Crippen LogP) is 5.55. The summed E-state index contributed by atoms with van der Waals surface area (Å²) in [6, 6.07) is 15.4. The van der Waals surface area contributed by atoms with Crippen molar-refractivity contribution in [2.24, 2.45) is 0 Å². The van der Waals surface area contributed by atoms with Gasteiger partial charge in [-0.1, -0.05) is 15.9 Å². The van der Waals surface area contributed by atoms with Crippen molar-refractivity contribution in [2.45, 2.75) is 6.92 Å². The largest absolute Gasteiger partial charge is 0.497 e. The second kappa shape index (κ2) is 8.31. The number of nitrogen functional groups attached to an aromatic ring is 1. The second-order valence-corrected chi connectivity index (χ2v) is 7.10. The molecule has 3 rings (SSSR count). The van der Waals surface area contributed by atoms with E-state index in [0.29, 0.717) is 39.6 Å². The molecule has 0 aliphatic carbocycles. The number of halogens is 2. The molecule has 0 bridgehead atoms. The Morgan fingerprint density at radius 2 is 1.82 bits per heavy atom. The number of methoxy groups -OCH3 is 1. The van der Waals surface area contributed by atoms with E-state index >= 15 is 0 Å². The molecule has 0 aliphatic heterocycles. The number of nitrogens with two attached hydrogens (primary N) is 1. The van der Waals surface area contributed by atoms with Crippen LogP contribution in [0.1, 0.15) is 6.92 Å². The van der Waals surface area contributed by atoms with E-state index in [0.717, 1.165) is 4.47 Å². The number of rotatable bonds is 5. The minimum Gasteiger partial charge on any atom is -0.497 e. The Morgan fingerprint density at radius 1 is 1.07 bits per heavy atom. The van der Waals surface area contributed by atoms with E-state index in [2.05, 4.69) is 26.6 Å².